The normalized spacial score (nSPS) is 14.5. The summed E-state index contributed by atoms with van der Waals surface area (Å²) in [5.74, 6) is 0. The zero-order valence-corrected chi connectivity index (χ0v) is 30.8. The van der Waals surface area contributed by atoms with Gasteiger partial charge in [0.2, 0.25) is 0 Å². The number of rotatable bonds is 3. The van der Waals surface area contributed by atoms with E-state index in [1.165, 1.54) is 98.7 Å². The van der Waals surface area contributed by atoms with Gasteiger partial charge in [-0.1, -0.05) is 164 Å². The second-order valence-corrected chi connectivity index (χ2v) is 15.4. The van der Waals surface area contributed by atoms with Gasteiger partial charge in [0.1, 0.15) is 0 Å². The van der Waals surface area contributed by atoms with E-state index in [2.05, 4.69) is 187 Å². The molecule has 1 aromatic heterocycles. The molecule has 0 amide bonds. The predicted octanol–water partition coefficient (Wildman–Crippen LogP) is 14.3. The molecule has 0 fully saturated rings. The van der Waals surface area contributed by atoms with Crippen LogP contribution in [-0.4, -0.2) is 4.98 Å². The topological polar surface area (TPSA) is 24.9 Å². The molecule has 2 heterocycles. The van der Waals surface area contributed by atoms with Crippen molar-refractivity contribution in [2.24, 2.45) is 0 Å². The number of allylic oxidation sites excluding steroid dienone is 1. The zero-order valence-electron chi connectivity index (χ0n) is 30.8. The molecule has 1 aliphatic heterocycles. The van der Waals surface area contributed by atoms with Gasteiger partial charge in [0, 0.05) is 38.4 Å². The number of pyridine rings is 1. The lowest BCUT2D eigenvalue weighted by molar-refractivity contribution is 0.933. The van der Waals surface area contributed by atoms with E-state index >= 15 is 0 Å². The summed E-state index contributed by atoms with van der Waals surface area (Å²) in [6.45, 7) is 0. The molecule has 0 bridgehead atoms. The molecule has 2 heteroatoms. The molecule has 1 unspecified atom stereocenters. The number of fused-ring (bicyclic) bond motifs is 13. The molecule has 10 aromatic rings. The lowest BCUT2D eigenvalue weighted by atomic mass is 9.80. The van der Waals surface area contributed by atoms with Crippen molar-refractivity contribution in [3.05, 3.63) is 198 Å². The fourth-order valence-corrected chi connectivity index (χ4v) is 9.65. The highest BCUT2D eigenvalue weighted by molar-refractivity contribution is 6.20. The molecular formula is C54H36N2. The van der Waals surface area contributed by atoms with Crippen molar-refractivity contribution < 1.29 is 0 Å². The predicted molar refractivity (Wildman–Crippen MR) is 237 cm³/mol. The van der Waals surface area contributed by atoms with Crippen LogP contribution in [0.3, 0.4) is 0 Å². The first-order chi connectivity index (χ1) is 27.8. The smallest absolute Gasteiger partial charge is 0.0794 e. The maximum absolute atomic E-state index is 5.51. The Kier molecular flexibility index (Phi) is 6.85. The van der Waals surface area contributed by atoms with Gasteiger partial charge in [0.15, 0.2) is 0 Å². The van der Waals surface area contributed by atoms with E-state index < -0.39 is 0 Å². The Hall–Kier alpha value is -7.03. The molecule has 1 N–H and O–H groups in total. The minimum absolute atomic E-state index is 0.00505. The molecule has 9 aromatic carbocycles. The van der Waals surface area contributed by atoms with Gasteiger partial charge < -0.3 is 5.32 Å². The third-order valence-electron chi connectivity index (χ3n) is 12.3. The molecule has 0 radical (unpaired) electrons. The van der Waals surface area contributed by atoms with Gasteiger partial charge in [0.05, 0.1) is 17.3 Å². The number of aryl methyl sites for hydroxylation is 1. The quantitative estimate of drug-likeness (QED) is 0.185. The zero-order chi connectivity index (χ0) is 36.7. The largest absolute Gasteiger partial charge is 0.374 e. The molecule has 12 rings (SSSR count). The van der Waals surface area contributed by atoms with Gasteiger partial charge in [0.25, 0.3) is 0 Å². The maximum Gasteiger partial charge on any atom is 0.0794 e. The Morgan fingerprint density at radius 3 is 2.05 bits per heavy atom. The van der Waals surface area contributed by atoms with Crippen LogP contribution in [0.25, 0.3) is 93.6 Å². The highest BCUT2D eigenvalue weighted by atomic mass is 14.9. The van der Waals surface area contributed by atoms with Gasteiger partial charge in [-0.2, -0.15) is 0 Å². The van der Waals surface area contributed by atoms with Crippen LogP contribution in [-0.2, 0) is 6.42 Å². The van der Waals surface area contributed by atoms with E-state index in [0.717, 1.165) is 29.6 Å². The van der Waals surface area contributed by atoms with Crippen LogP contribution in [0.4, 0.5) is 5.69 Å². The number of aromatic nitrogens is 1. The summed E-state index contributed by atoms with van der Waals surface area (Å²) in [6.07, 6.45) is 6.82. The van der Waals surface area contributed by atoms with Crippen LogP contribution in [0, 0.1) is 0 Å². The first kappa shape index (κ1) is 31.3. The molecular weight excluding hydrogens is 677 g/mol. The Morgan fingerprint density at radius 2 is 1.21 bits per heavy atom. The molecule has 56 heavy (non-hydrogen) atoms. The number of anilines is 1. The van der Waals surface area contributed by atoms with E-state index in [1.807, 2.05) is 0 Å². The third kappa shape index (κ3) is 4.72. The Morgan fingerprint density at radius 1 is 0.518 bits per heavy atom. The van der Waals surface area contributed by atoms with Crippen molar-refractivity contribution in [1.82, 2.24) is 4.98 Å². The molecule has 262 valence electrons. The second-order valence-electron chi connectivity index (χ2n) is 15.4. The summed E-state index contributed by atoms with van der Waals surface area (Å²) < 4.78 is 0. The molecule has 0 spiro atoms. The Labute approximate surface area is 325 Å². The summed E-state index contributed by atoms with van der Waals surface area (Å²) in [5, 5.41) is 15.1. The van der Waals surface area contributed by atoms with Crippen molar-refractivity contribution in [1.29, 1.82) is 0 Å². The van der Waals surface area contributed by atoms with Gasteiger partial charge in [-0.25, -0.2) is 4.98 Å². The van der Waals surface area contributed by atoms with Gasteiger partial charge in [-0.15, -0.1) is 0 Å². The highest BCUT2D eigenvalue weighted by Gasteiger charge is 2.29. The maximum atomic E-state index is 5.51. The molecule has 0 saturated carbocycles. The van der Waals surface area contributed by atoms with Crippen molar-refractivity contribution in [2.45, 2.75) is 18.9 Å². The van der Waals surface area contributed by atoms with Crippen LogP contribution >= 0.6 is 0 Å². The van der Waals surface area contributed by atoms with Crippen LogP contribution in [0.15, 0.2) is 176 Å². The van der Waals surface area contributed by atoms with Gasteiger partial charge >= 0.3 is 0 Å². The summed E-state index contributed by atoms with van der Waals surface area (Å²) in [6, 6.07) is 62.7. The lowest BCUT2D eigenvalue weighted by Crippen LogP contribution is -2.18. The van der Waals surface area contributed by atoms with Crippen LogP contribution < -0.4 is 5.32 Å². The first-order valence-corrected chi connectivity index (χ1v) is 19.7. The van der Waals surface area contributed by atoms with Crippen LogP contribution in [0.5, 0.6) is 0 Å². The Balaban J connectivity index is 1.07. The number of hydrogen-bond acceptors (Lipinski definition) is 2. The molecule has 0 saturated heterocycles. The average molecular weight is 713 g/mol. The van der Waals surface area contributed by atoms with Gasteiger partial charge in [-0.05, 0) is 96.9 Å². The molecule has 1 aliphatic carbocycles. The SMILES string of the molecule is C1=Cc2c(ccc3c(-c4ccc(-c5cc6c(c7ccccc57)-c5cc7ccccc7cc5NC6c5ccccc5)cc4)nc4c5ccccc5ccc4c23)CC1. The standard InChI is InChI=1S/C54H36N2/c1-2-14-36(15-3-1)53-48-32-46(42-20-10-11-21-43(42)51(48)47-30-38-16-4-5-17-39(38)31-49(47)55-53)35-22-24-37(25-23-35)52-44-28-26-33-12-6-8-18-40(33)50(44)45-29-27-34-13-7-9-19-41(34)54(45)56-52/h1-5,7-11,13-32,53,55H,6,12H2. The average Bonchev–Trinajstić information content (AvgIpc) is 3.27. The van der Waals surface area contributed by atoms with Gasteiger partial charge in [-0.3, -0.25) is 0 Å². The number of hydrogen-bond donors (Lipinski definition) is 1. The molecule has 2 aliphatic rings. The van der Waals surface area contributed by atoms with E-state index in [-0.39, 0.29) is 6.04 Å². The second kappa shape index (κ2) is 12.2. The van der Waals surface area contributed by atoms with Crippen molar-refractivity contribution in [3.63, 3.8) is 0 Å². The van der Waals surface area contributed by atoms with Crippen molar-refractivity contribution in [2.75, 3.05) is 5.32 Å². The van der Waals surface area contributed by atoms with E-state index in [9.17, 15) is 0 Å². The minimum Gasteiger partial charge on any atom is -0.374 e. The van der Waals surface area contributed by atoms with Crippen molar-refractivity contribution in [3.8, 4) is 33.5 Å². The summed E-state index contributed by atoms with van der Waals surface area (Å²) in [4.78, 5) is 5.51. The highest BCUT2D eigenvalue weighted by Crippen LogP contribution is 2.50. The van der Waals surface area contributed by atoms with E-state index in [4.69, 9.17) is 4.98 Å². The number of nitrogens with one attached hydrogen (secondary N) is 1. The fourth-order valence-electron chi connectivity index (χ4n) is 9.65. The van der Waals surface area contributed by atoms with E-state index in [0.29, 0.717) is 0 Å². The molecule has 1 atom stereocenters. The monoisotopic (exact) mass is 712 g/mol. The molecule has 2 nitrogen and oxygen atoms in total. The minimum atomic E-state index is 0.00505. The first-order valence-electron chi connectivity index (χ1n) is 19.7. The fraction of sp³-hybridized carbons (Fsp3) is 0.0556. The van der Waals surface area contributed by atoms with Crippen LogP contribution in [0.2, 0.25) is 0 Å². The number of nitrogens with zero attached hydrogens (tertiary/aromatic N) is 1. The summed E-state index contributed by atoms with van der Waals surface area (Å²) >= 11 is 0. The lowest BCUT2D eigenvalue weighted by Gasteiger charge is -2.32. The van der Waals surface area contributed by atoms with Crippen LogP contribution in [0.1, 0.15) is 34.7 Å². The summed E-state index contributed by atoms with van der Waals surface area (Å²) in [5.41, 5.74) is 14.7. The Bertz CT molecular complexity index is 3270. The summed E-state index contributed by atoms with van der Waals surface area (Å²) in [7, 11) is 0. The van der Waals surface area contributed by atoms with E-state index in [1.54, 1.807) is 0 Å². The number of benzene rings is 9. The third-order valence-corrected chi connectivity index (χ3v) is 12.3. The van der Waals surface area contributed by atoms with Crippen molar-refractivity contribution >= 4 is 65.8 Å².